The first-order valence-electron chi connectivity index (χ1n) is 8.40. The smallest absolute Gasteiger partial charge is 0.230 e. The lowest BCUT2D eigenvalue weighted by Crippen LogP contribution is -2.15. The molecule has 1 unspecified atom stereocenters. The molecule has 0 bridgehead atoms. The van der Waals surface area contributed by atoms with Gasteiger partial charge in [-0.3, -0.25) is 4.79 Å². The molecule has 4 aromatic rings. The van der Waals surface area contributed by atoms with Crippen LogP contribution in [0.25, 0.3) is 16.7 Å². The quantitative estimate of drug-likeness (QED) is 0.528. The van der Waals surface area contributed by atoms with Crippen LogP contribution in [0.4, 0.5) is 5.69 Å². The number of aromatic nitrogens is 4. The van der Waals surface area contributed by atoms with Gasteiger partial charge in [-0.05, 0) is 43.7 Å². The average molecular weight is 349 g/mol. The predicted molar refractivity (Wildman–Crippen MR) is 99.0 cm³/mol. The number of hydrogen-bond donors (Lipinski definition) is 3. The van der Waals surface area contributed by atoms with E-state index in [2.05, 4.69) is 20.3 Å². The fourth-order valence-electron chi connectivity index (χ4n) is 3.01. The number of carbonyl (C=O) groups is 1. The molecule has 4 rings (SSSR count). The van der Waals surface area contributed by atoms with Gasteiger partial charge >= 0.3 is 0 Å². The maximum Gasteiger partial charge on any atom is 0.230 e. The van der Waals surface area contributed by atoms with E-state index in [9.17, 15) is 9.90 Å². The van der Waals surface area contributed by atoms with Crippen molar-refractivity contribution < 1.29 is 9.90 Å². The topological polar surface area (TPSA) is 95.3 Å². The Kier molecular flexibility index (Phi) is 3.93. The van der Waals surface area contributed by atoms with Crippen LogP contribution in [0, 0.1) is 6.92 Å². The van der Waals surface area contributed by atoms with Crippen molar-refractivity contribution in [2.75, 3.05) is 5.32 Å². The van der Waals surface area contributed by atoms with E-state index >= 15 is 0 Å². The van der Waals surface area contributed by atoms with E-state index in [1.807, 2.05) is 41.8 Å². The summed E-state index contributed by atoms with van der Waals surface area (Å²) in [6.45, 7) is 3.64. The zero-order valence-corrected chi connectivity index (χ0v) is 14.5. The van der Waals surface area contributed by atoms with E-state index in [0.717, 1.165) is 27.9 Å². The van der Waals surface area contributed by atoms with Gasteiger partial charge in [-0.15, -0.1) is 0 Å². The minimum absolute atomic E-state index is 0.122. The summed E-state index contributed by atoms with van der Waals surface area (Å²) in [6, 6.07) is 9.35. The normalized spacial score (nSPS) is 12.6. The number of aliphatic hydroxyl groups is 1. The number of anilines is 1. The van der Waals surface area contributed by atoms with E-state index in [0.29, 0.717) is 11.5 Å². The highest BCUT2D eigenvalue weighted by atomic mass is 16.3. The number of rotatable bonds is 4. The van der Waals surface area contributed by atoms with Crippen molar-refractivity contribution in [3.8, 4) is 0 Å². The maximum atomic E-state index is 12.4. The zero-order chi connectivity index (χ0) is 18.3. The molecular formula is C19H19N5O2. The zero-order valence-electron chi connectivity index (χ0n) is 14.5. The predicted octanol–water partition coefficient (Wildman–Crippen LogP) is 2.75. The van der Waals surface area contributed by atoms with Gasteiger partial charge in [0.2, 0.25) is 5.91 Å². The summed E-state index contributed by atoms with van der Waals surface area (Å²) in [4.78, 5) is 24.2. The molecule has 3 aromatic heterocycles. The highest BCUT2D eigenvalue weighted by molar-refractivity contribution is 5.94. The first kappa shape index (κ1) is 16.3. The van der Waals surface area contributed by atoms with Crippen molar-refractivity contribution in [2.24, 2.45) is 0 Å². The second kappa shape index (κ2) is 6.27. The van der Waals surface area contributed by atoms with Crippen molar-refractivity contribution in [1.82, 2.24) is 19.4 Å². The number of H-pyrrole nitrogens is 1. The Labute approximate surface area is 149 Å². The van der Waals surface area contributed by atoms with E-state index in [-0.39, 0.29) is 12.3 Å². The summed E-state index contributed by atoms with van der Waals surface area (Å²) in [5, 5.41) is 12.5. The van der Waals surface area contributed by atoms with Gasteiger partial charge in [-0.25, -0.2) is 9.97 Å². The number of imidazole rings is 2. The molecule has 132 valence electrons. The molecule has 1 aromatic carbocycles. The van der Waals surface area contributed by atoms with Crippen LogP contribution in [0.1, 0.15) is 30.1 Å². The number of fused-ring (bicyclic) bond motifs is 2. The lowest BCUT2D eigenvalue weighted by Gasteiger charge is -2.06. The summed E-state index contributed by atoms with van der Waals surface area (Å²) in [6.07, 6.45) is 3.20. The number of aromatic amines is 1. The van der Waals surface area contributed by atoms with Gasteiger partial charge in [0.05, 0.1) is 23.1 Å². The number of pyridine rings is 1. The first-order chi connectivity index (χ1) is 12.5. The van der Waals surface area contributed by atoms with Crippen molar-refractivity contribution in [3.05, 3.63) is 59.8 Å². The highest BCUT2D eigenvalue weighted by Gasteiger charge is 2.12. The molecule has 26 heavy (non-hydrogen) atoms. The van der Waals surface area contributed by atoms with Crippen molar-refractivity contribution in [3.63, 3.8) is 0 Å². The Hall–Kier alpha value is -3.19. The number of nitrogens with one attached hydrogen (secondary N) is 2. The minimum atomic E-state index is -0.668. The molecule has 3 N–H and O–H groups in total. The van der Waals surface area contributed by atoms with Gasteiger partial charge in [0.1, 0.15) is 17.6 Å². The third-order valence-electron chi connectivity index (χ3n) is 4.33. The molecule has 0 saturated carbocycles. The van der Waals surface area contributed by atoms with Crippen LogP contribution in [0.3, 0.4) is 0 Å². The molecule has 7 heteroatoms. The second-order valence-corrected chi connectivity index (χ2v) is 6.39. The summed E-state index contributed by atoms with van der Waals surface area (Å²) < 4.78 is 1.93. The Bertz CT molecular complexity index is 1110. The number of amides is 1. The fraction of sp³-hybridized carbons (Fsp3) is 0.211. The van der Waals surface area contributed by atoms with Crippen LogP contribution in [-0.4, -0.2) is 30.4 Å². The van der Waals surface area contributed by atoms with E-state index < -0.39 is 6.10 Å². The molecule has 0 aliphatic rings. The Morgan fingerprint density at radius 1 is 1.38 bits per heavy atom. The molecule has 0 aliphatic heterocycles. The standard InChI is InChI=1S/C19H19N5O2/c1-11-4-3-7-24-14(10-20-19(11)24)9-17(26)21-13-5-6-15-16(8-13)23-18(22-15)12(2)25/h3-8,10,12,25H,9H2,1-2H3,(H,21,26)(H,22,23). The summed E-state index contributed by atoms with van der Waals surface area (Å²) in [5.74, 6) is 0.382. The van der Waals surface area contributed by atoms with Crippen LogP contribution >= 0.6 is 0 Å². The number of nitrogens with zero attached hydrogens (tertiary/aromatic N) is 3. The van der Waals surface area contributed by atoms with Gasteiger partial charge in [0.15, 0.2) is 0 Å². The third kappa shape index (κ3) is 2.93. The molecule has 0 aliphatic carbocycles. The second-order valence-electron chi connectivity index (χ2n) is 6.39. The summed E-state index contributed by atoms with van der Waals surface area (Å²) >= 11 is 0. The SMILES string of the molecule is Cc1cccn2c(CC(=O)Nc3ccc4nc(C(C)O)[nH]c4c3)cnc12. The Morgan fingerprint density at radius 2 is 2.23 bits per heavy atom. The fourth-order valence-corrected chi connectivity index (χ4v) is 3.01. The molecule has 1 atom stereocenters. The summed E-state index contributed by atoms with van der Waals surface area (Å²) in [7, 11) is 0. The molecular weight excluding hydrogens is 330 g/mol. The summed E-state index contributed by atoms with van der Waals surface area (Å²) in [5.41, 5.74) is 4.95. The molecule has 1 amide bonds. The lowest BCUT2D eigenvalue weighted by molar-refractivity contribution is -0.115. The van der Waals surface area contributed by atoms with Gasteiger partial charge in [-0.1, -0.05) is 6.07 Å². The Balaban J connectivity index is 1.54. The molecule has 0 saturated heterocycles. The molecule has 0 radical (unpaired) electrons. The van der Waals surface area contributed by atoms with E-state index in [4.69, 9.17) is 0 Å². The molecule has 7 nitrogen and oxygen atoms in total. The number of benzene rings is 1. The van der Waals surface area contributed by atoms with Gasteiger partial charge in [0, 0.05) is 18.1 Å². The average Bonchev–Trinajstić information content (AvgIpc) is 3.20. The molecule has 0 fully saturated rings. The molecule has 3 heterocycles. The molecule has 0 spiro atoms. The van der Waals surface area contributed by atoms with E-state index in [1.165, 1.54) is 0 Å². The van der Waals surface area contributed by atoms with Crippen molar-refractivity contribution >= 4 is 28.3 Å². The number of aliphatic hydroxyl groups excluding tert-OH is 1. The van der Waals surface area contributed by atoms with Gasteiger partial charge < -0.3 is 19.8 Å². The number of carbonyl (C=O) groups excluding carboxylic acids is 1. The van der Waals surface area contributed by atoms with Crippen LogP contribution in [0.2, 0.25) is 0 Å². The number of hydrogen-bond acceptors (Lipinski definition) is 4. The van der Waals surface area contributed by atoms with E-state index in [1.54, 1.807) is 19.2 Å². The van der Waals surface area contributed by atoms with Crippen LogP contribution in [0.15, 0.2) is 42.7 Å². The van der Waals surface area contributed by atoms with Crippen molar-refractivity contribution in [2.45, 2.75) is 26.4 Å². The minimum Gasteiger partial charge on any atom is -0.385 e. The highest BCUT2D eigenvalue weighted by Crippen LogP contribution is 2.20. The third-order valence-corrected chi connectivity index (χ3v) is 4.33. The monoisotopic (exact) mass is 349 g/mol. The van der Waals surface area contributed by atoms with Gasteiger partial charge in [0.25, 0.3) is 0 Å². The number of aryl methyl sites for hydroxylation is 1. The van der Waals surface area contributed by atoms with Crippen molar-refractivity contribution in [1.29, 1.82) is 0 Å². The van der Waals surface area contributed by atoms with Gasteiger partial charge in [-0.2, -0.15) is 0 Å². The first-order valence-corrected chi connectivity index (χ1v) is 8.40. The maximum absolute atomic E-state index is 12.4. The van der Waals surface area contributed by atoms with Crippen LogP contribution in [0.5, 0.6) is 0 Å². The van der Waals surface area contributed by atoms with Crippen LogP contribution < -0.4 is 5.32 Å². The Morgan fingerprint density at radius 3 is 3.04 bits per heavy atom. The largest absolute Gasteiger partial charge is 0.385 e. The lowest BCUT2D eigenvalue weighted by atomic mass is 10.2. The van der Waals surface area contributed by atoms with Crippen LogP contribution in [-0.2, 0) is 11.2 Å².